The van der Waals surface area contributed by atoms with Crippen molar-refractivity contribution in [2.75, 3.05) is 5.73 Å². The Kier molecular flexibility index (Phi) is 4.27. The standard InChI is InChI=1S/C15H16N2O4/c1-10(2)20-14-7-12(17(18)19)8-15(9-14)21-13-5-3-4-11(16)6-13/h3-10H,16H2,1-2H3. The van der Waals surface area contributed by atoms with Gasteiger partial charge in [0.05, 0.1) is 23.2 Å². The zero-order valence-corrected chi connectivity index (χ0v) is 11.8. The van der Waals surface area contributed by atoms with Gasteiger partial charge in [-0.15, -0.1) is 0 Å². The predicted molar refractivity (Wildman–Crippen MR) is 79.8 cm³/mol. The minimum atomic E-state index is -0.487. The average Bonchev–Trinajstić information content (AvgIpc) is 2.37. The summed E-state index contributed by atoms with van der Waals surface area (Å²) in [7, 11) is 0. The van der Waals surface area contributed by atoms with Gasteiger partial charge in [-0.25, -0.2) is 0 Å². The molecular formula is C15H16N2O4. The highest BCUT2D eigenvalue weighted by Gasteiger charge is 2.13. The highest BCUT2D eigenvalue weighted by atomic mass is 16.6. The maximum Gasteiger partial charge on any atom is 0.276 e. The lowest BCUT2D eigenvalue weighted by atomic mass is 10.2. The van der Waals surface area contributed by atoms with Crippen molar-refractivity contribution in [1.29, 1.82) is 0 Å². The lowest BCUT2D eigenvalue weighted by Crippen LogP contribution is -2.06. The second-order valence-electron chi connectivity index (χ2n) is 4.76. The first kappa shape index (κ1) is 14.6. The summed E-state index contributed by atoms with van der Waals surface area (Å²) in [6, 6.07) is 11.2. The molecule has 0 fully saturated rings. The van der Waals surface area contributed by atoms with Gasteiger partial charge in [0.1, 0.15) is 17.2 Å². The summed E-state index contributed by atoms with van der Waals surface area (Å²) in [5, 5.41) is 11.0. The van der Waals surface area contributed by atoms with Crippen molar-refractivity contribution < 1.29 is 14.4 Å². The van der Waals surface area contributed by atoms with Gasteiger partial charge < -0.3 is 15.2 Å². The molecule has 0 aliphatic rings. The molecule has 21 heavy (non-hydrogen) atoms. The zero-order chi connectivity index (χ0) is 15.4. The van der Waals surface area contributed by atoms with Crippen LogP contribution in [0.25, 0.3) is 0 Å². The molecule has 0 spiro atoms. The van der Waals surface area contributed by atoms with Gasteiger partial charge in [0.2, 0.25) is 0 Å². The molecule has 6 nitrogen and oxygen atoms in total. The van der Waals surface area contributed by atoms with E-state index in [1.807, 2.05) is 13.8 Å². The quantitative estimate of drug-likeness (QED) is 0.514. The first-order valence-corrected chi connectivity index (χ1v) is 6.43. The summed E-state index contributed by atoms with van der Waals surface area (Å²) in [6.45, 7) is 3.69. The molecule has 0 aliphatic carbocycles. The van der Waals surface area contributed by atoms with Crippen molar-refractivity contribution in [2.45, 2.75) is 20.0 Å². The molecule has 2 N–H and O–H groups in total. The summed E-state index contributed by atoms with van der Waals surface area (Å²) < 4.78 is 11.1. The van der Waals surface area contributed by atoms with E-state index < -0.39 is 4.92 Å². The third kappa shape index (κ3) is 4.10. The molecule has 0 radical (unpaired) electrons. The van der Waals surface area contributed by atoms with Crippen LogP contribution < -0.4 is 15.2 Å². The molecule has 2 aromatic carbocycles. The maximum absolute atomic E-state index is 11.0. The maximum atomic E-state index is 11.0. The van der Waals surface area contributed by atoms with Gasteiger partial charge in [-0.05, 0) is 26.0 Å². The van der Waals surface area contributed by atoms with Gasteiger partial charge in [-0.1, -0.05) is 6.07 Å². The van der Waals surface area contributed by atoms with E-state index in [9.17, 15) is 10.1 Å². The van der Waals surface area contributed by atoms with E-state index >= 15 is 0 Å². The largest absolute Gasteiger partial charge is 0.491 e. The molecule has 0 heterocycles. The molecular weight excluding hydrogens is 272 g/mol. The number of nitro benzene ring substituents is 1. The topological polar surface area (TPSA) is 87.6 Å². The number of hydrogen-bond donors (Lipinski definition) is 1. The van der Waals surface area contributed by atoms with E-state index in [4.69, 9.17) is 15.2 Å². The Balaban J connectivity index is 2.33. The smallest absolute Gasteiger partial charge is 0.276 e. The number of nitrogens with two attached hydrogens (primary N) is 1. The van der Waals surface area contributed by atoms with Crippen molar-refractivity contribution in [2.24, 2.45) is 0 Å². The van der Waals surface area contributed by atoms with Crippen LogP contribution in [0.3, 0.4) is 0 Å². The molecule has 0 unspecified atom stereocenters. The molecule has 2 rings (SSSR count). The fourth-order valence-corrected chi connectivity index (χ4v) is 1.78. The first-order valence-electron chi connectivity index (χ1n) is 6.43. The molecule has 0 bridgehead atoms. The molecule has 0 aliphatic heterocycles. The van der Waals surface area contributed by atoms with E-state index in [0.717, 1.165) is 0 Å². The lowest BCUT2D eigenvalue weighted by Gasteiger charge is -2.12. The molecule has 0 saturated heterocycles. The number of ether oxygens (including phenoxy) is 2. The van der Waals surface area contributed by atoms with Gasteiger partial charge in [0.25, 0.3) is 5.69 Å². The molecule has 2 aromatic rings. The number of non-ortho nitro benzene ring substituents is 1. The van der Waals surface area contributed by atoms with Gasteiger partial charge in [0, 0.05) is 17.8 Å². The van der Waals surface area contributed by atoms with Gasteiger partial charge >= 0.3 is 0 Å². The Morgan fingerprint density at radius 2 is 1.81 bits per heavy atom. The van der Waals surface area contributed by atoms with Gasteiger partial charge in [0.15, 0.2) is 0 Å². The normalized spacial score (nSPS) is 10.4. The van der Waals surface area contributed by atoms with Crippen molar-refractivity contribution in [3.05, 3.63) is 52.6 Å². The number of rotatable bonds is 5. The van der Waals surface area contributed by atoms with Crippen LogP contribution in [0.15, 0.2) is 42.5 Å². The molecule has 0 aromatic heterocycles. The summed E-state index contributed by atoms with van der Waals surface area (Å²) in [6.07, 6.45) is -0.0905. The summed E-state index contributed by atoms with van der Waals surface area (Å²) in [5.74, 6) is 1.22. The van der Waals surface area contributed by atoms with Crippen LogP contribution in [0, 0.1) is 10.1 Å². The lowest BCUT2D eigenvalue weighted by molar-refractivity contribution is -0.385. The van der Waals surface area contributed by atoms with Crippen LogP contribution in [0.4, 0.5) is 11.4 Å². The Hall–Kier alpha value is -2.76. The summed E-state index contributed by atoms with van der Waals surface area (Å²) in [4.78, 5) is 10.5. The van der Waals surface area contributed by atoms with Crippen molar-refractivity contribution >= 4 is 11.4 Å². The van der Waals surface area contributed by atoms with Crippen molar-refractivity contribution in [1.82, 2.24) is 0 Å². The highest BCUT2D eigenvalue weighted by molar-refractivity contribution is 5.49. The summed E-state index contributed by atoms with van der Waals surface area (Å²) in [5.41, 5.74) is 6.13. The number of nitrogens with zero attached hydrogens (tertiary/aromatic N) is 1. The fraction of sp³-hybridized carbons (Fsp3) is 0.200. The number of hydrogen-bond acceptors (Lipinski definition) is 5. The number of anilines is 1. The second-order valence-corrected chi connectivity index (χ2v) is 4.76. The van der Waals surface area contributed by atoms with Crippen molar-refractivity contribution in [3.63, 3.8) is 0 Å². The molecule has 0 amide bonds. The van der Waals surface area contributed by atoms with E-state index in [1.54, 1.807) is 30.3 Å². The van der Waals surface area contributed by atoms with Gasteiger partial charge in [-0.2, -0.15) is 0 Å². The second kappa shape index (κ2) is 6.13. The summed E-state index contributed by atoms with van der Waals surface area (Å²) >= 11 is 0. The molecule has 6 heteroatoms. The Morgan fingerprint density at radius 3 is 2.43 bits per heavy atom. The van der Waals surface area contributed by atoms with Crippen LogP contribution >= 0.6 is 0 Å². The van der Waals surface area contributed by atoms with Crippen LogP contribution in [-0.2, 0) is 0 Å². The highest BCUT2D eigenvalue weighted by Crippen LogP contribution is 2.31. The average molecular weight is 288 g/mol. The fourth-order valence-electron chi connectivity index (χ4n) is 1.78. The number of nitrogen functional groups attached to an aromatic ring is 1. The van der Waals surface area contributed by atoms with E-state index in [-0.39, 0.29) is 11.8 Å². The Morgan fingerprint density at radius 1 is 1.10 bits per heavy atom. The number of benzene rings is 2. The molecule has 110 valence electrons. The van der Waals surface area contributed by atoms with Crippen LogP contribution in [0.1, 0.15) is 13.8 Å². The zero-order valence-electron chi connectivity index (χ0n) is 11.8. The third-order valence-electron chi connectivity index (χ3n) is 2.54. The predicted octanol–water partition coefficient (Wildman–Crippen LogP) is 3.76. The van der Waals surface area contributed by atoms with Crippen LogP contribution in [-0.4, -0.2) is 11.0 Å². The monoisotopic (exact) mass is 288 g/mol. The first-order chi connectivity index (χ1) is 9.94. The van der Waals surface area contributed by atoms with E-state index in [1.165, 1.54) is 12.1 Å². The SMILES string of the molecule is CC(C)Oc1cc(Oc2cccc(N)c2)cc([N+](=O)[O-])c1. The van der Waals surface area contributed by atoms with E-state index in [2.05, 4.69) is 0 Å². The number of nitro groups is 1. The minimum absolute atomic E-state index is 0.0905. The Labute approximate surface area is 122 Å². The van der Waals surface area contributed by atoms with Crippen molar-refractivity contribution in [3.8, 4) is 17.2 Å². The molecule has 0 saturated carbocycles. The third-order valence-corrected chi connectivity index (χ3v) is 2.54. The van der Waals surface area contributed by atoms with Crippen LogP contribution in [0.5, 0.6) is 17.2 Å². The Bertz CT molecular complexity index is 656. The van der Waals surface area contributed by atoms with E-state index in [0.29, 0.717) is 22.9 Å². The van der Waals surface area contributed by atoms with Crippen LogP contribution in [0.2, 0.25) is 0 Å². The van der Waals surface area contributed by atoms with Gasteiger partial charge in [-0.3, -0.25) is 10.1 Å². The molecule has 0 atom stereocenters. The minimum Gasteiger partial charge on any atom is -0.491 e.